The maximum absolute atomic E-state index is 10.8. The Morgan fingerprint density at radius 3 is 2.57 bits per heavy atom. The van der Waals surface area contributed by atoms with E-state index in [1.165, 1.54) is 5.56 Å². The molecule has 1 aliphatic rings. The number of rotatable bonds is 3. The van der Waals surface area contributed by atoms with Gasteiger partial charge in [-0.1, -0.05) is 48.5 Å². The number of aryl methyl sites for hydroxylation is 1. The maximum Gasteiger partial charge on any atom is 0.134 e. The Bertz CT molecular complexity index is 773. The summed E-state index contributed by atoms with van der Waals surface area (Å²) in [6, 6.07) is 18.4. The maximum atomic E-state index is 10.8. The fourth-order valence-corrected chi connectivity index (χ4v) is 3.42. The Labute approximate surface area is 124 Å². The molecule has 0 amide bonds. The first-order valence-corrected chi connectivity index (χ1v) is 7.46. The molecule has 0 aliphatic heterocycles. The monoisotopic (exact) mass is 278 g/mol. The molecule has 2 nitrogen and oxygen atoms in total. The van der Waals surface area contributed by atoms with E-state index in [0.29, 0.717) is 11.8 Å². The van der Waals surface area contributed by atoms with Crippen molar-refractivity contribution in [2.75, 3.05) is 0 Å². The topological polar surface area (TPSA) is 33.4 Å². The van der Waals surface area contributed by atoms with E-state index < -0.39 is 6.10 Å². The molecule has 0 bridgehead atoms. The number of benzene rings is 2. The molecule has 1 heterocycles. The van der Waals surface area contributed by atoms with Crippen molar-refractivity contribution in [1.82, 2.24) is 0 Å². The van der Waals surface area contributed by atoms with E-state index in [2.05, 4.69) is 24.3 Å². The first kappa shape index (κ1) is 12.7. The van der Waals surface area contributed by atoms with Gasteiger partial charge in [0, 0.05) is 10.9 Å². The van der Waals surface area contributed by atoms with Crippen molar-refractivity contribution < 1.29 is 9.52 Å². The van der Waals surface area contributed by atoms with Crippen LogP contribution in [0.25, 0.3) is 11.0 Å². The Morgan fingerprint density at radius 1 is 1.05 bits per heavy atom. The minimum Gasteiger partial charge on any atom is -0.461 e. The molecule has 21 heavy (non-hydrogen) atoms. The summed E-state index contributed by atoms with van der Waals surface area (Å²) in [6.45, 7) is 1.94. The van der Waals surface area contributed by atoms with Crippen LogP contribution in [0, 0.1) is 12.8 Å². The molecule has 0 radical (unpaired) electrons. The van der Waals surface area contributed by atoms with Crippen molar-refractivity contribution in [2.24, 2.45) is 5.92 Å². The van der Waals surface area contributed by atoms with Gasteiger partial charge in [-0.05, 0) is 36.8 Å². The molecule has 3 aromatic rings. The average Bonchev–Trinajstić information content (AvgIpc) is 3.24. The van der Waals surface area contributed by atoms with Crippen LogP contribution in [0.3, 0.4) is 0 Å². The smallest absolute Gasteiger partial charge is 0.134 e. The quantitative estimate of drug-likeness (QED) is 0.760. The van der Waals surface area contributed by atoms with Crippen LogP contribution in [0.15, 0.2) is 59.0 Å². The first-order valence-electron chi connectivity index (χ1n) is 7.46. The summed E-state index contributed by atoms with van der Waals surface area (Å²) in [5, 5.41) is 11.8. The van der Waals surface area contributed by atoms with Crippen LogP contribution >= 0.6 is 0 Å². The van der Waals surface area contributed by atoms with E-state index in [9.17, 15) is 5.11 Å². The zero-order chi connectivity index (χ0) is 14.4. The van der Waals surface area contributed by atoms with Crippen LogP contribution in [0.1, 0.15) is 35.3 Å². The van der Waals surface area contributed by atoms with Crippen LogP contribution in [0.2, 0.25) is 0 Å². The lowest BCUT2D eigenvalue weighted by Crippen LogP contribution is -2.02. The third kappa shape index (κ3) is 2.07. The van der Waals surface area contributed by atoms with Crippen molar-refractivity contribution in [3.05, 3.63) is 71.5 Å². The second-order valence-corrected chi connectivity index (χ2v) is 5.93. The first-order chi connectivity index (χ1) is 10.3. The third-order valence-corrected chi connectivity index (χ3v) is 4.59. The van der Waals surface area contributed by atoms with E-state index in [0.717, 1.165) is 28.7 Å². The molecule has 1 N–H and O–H groups in total. The Hall–Kier alpha value is -2.06. The number of furan rings is 1. The van der Waals surface area contributed by atoms with E-state index in [4.69, 9.17) is 4.42 Å². The highest BCUT2D eigenvalue weighted by Crippen LogP contribution is 2.55. The highest BCUT2D eigenvalue weighted by molar-refractivity contribution is 5.82. The summed E-state index contributed by atoms with van der Waals surface area (Å²) in [7, 11) is 0. The normalized spacial score (nSPS) is 22.4. The molecule has 3 atom stereocenters. The molecule has 3 unspecified atom stereocenters. The molecule has 106 valence electrons. The summed E-state index contributed by atoms with van der Waals surface area (Å²) < 4.78 is 5.78. The van der Waals surface area contributed by atoms with Gasteiger partial charge in [0.1, 0.15) is 11.3 Å². The average molecular weight is 278 g/mol. The van der Waals surface area contributed by atoms with Gasteiger partial charge in [-0.2, -0.15) is 0 Å². The number of hydrogen-bond donors (Lipinski definition) is 1. The molecule has 0 spiro atoms. The SMILES string of the molecule is Cc1oc2ccccc2c1C(O)C1CC1c1ccccc1. The molecule has 2 aromatic carbocycles. The molecule has 2 heteroatoms. The van der Waals surface area contributed by atoms with Gasteiger partial charge in [-0.25, -0.2) is 0 Å². The van der Waals surface area contributed by atoms with Crippen LogP contribution in [-0.2, 0) is 0 Å². The molecule has 4 rings (SSSR count). The van der Waals surface area contributed by atoms with Gasteiger partial charge in [0.05, 0.1) is 6.10 Å². The van der Waals surface area contributed by atoms with Gasteiger partial charge >= 0.3 is 0 Å². The molecule has 0 saturated heterocycles. The minimum atomic E-state index is -0.446. The standard InChI is InChI=1S/C19H18O2/c1-12-18(14-9-5-6-10-17(14)21-12)19(20)16-11-15(16)13-7-3-2-4-8-13/h2-10,15-16,19-20H,11H2,1H3. The third-order valence-electron chi connectivity index (χ3n) is 4.59. The predicted octanol–water partition coefficient (Wildman–Crippen LogP) is 4.58. The van der Waals surface area contributed by atoms with Gasteiger partial charge in [-0.15, -0.1) is 0 Å². The second kappa shape index (κ2) is 4.74. The fourth-order valence-electron chi connectivity index (χ4n) is 3.42. The van der Waals surface area contributed by atoms with Crippen molar-refractivity contribution in [2.45, 2.75) is 25.4 Å². The number of hydrogen-bond acceptors (Lipinski definition) is 2. The lowest BCUT2D eigenvalue weighted by atomic mass is 9.99. The minimum absolute atomic E-state index is 0.298. The Balaban J connectivity index is 1.66. The summed E-state index contributed by atoms with van der Waals surface area (Å²) in [6.07, 6.45) is 0.600. The summed E-state index contributed by atoms with van der Waals surface area (Å²) >= 11 is 0. The summed E-state index contributed by atoms with van der Waals surface area (Å²) in [5.74, 6) is 1.60. The van der Waals surface area contributed by atoms with E-state index in [-0.39, 0.29) is 0 Å². The molecular weight excluding hydrogens is 260 g/mol. The van der Waals surface area contributed by atoms with Crippen LogP contribution < -0.4 is 0 Å². The van der Waals surface area contributed by atoms with Crippen molar-refractivity contribution >= 4 is 11.0 Å². The van der Waals surface area contributed by atoms with Gasteiger partial charge in [0.15, 0.2) is 0 Å². The number of fused-ring (bicyclic) bond motifs is 1. The van der Waals surface area contributed by atoms with Crippen molar-refractivity contribution in [3.63, 3.8) is 0 Å². The summed E-state index contributed by atoms with van der Waals surface area (Å²) in [5.41, 5.74) is 3.15. The van der Waals surface area contributed by atoms with Crippen molar-refractivity contribution in [3.8, 4) is 0 Å². The fraction of sp³-hybridized carbons (Fsp3) is 0.263. The lowest BCUT2D eigenvalue weighted by molar-refractivity contribution is 0.150. The Morgan fingerprint density at radius 2 is 1.76 bits per heavy atom. The predicted molar refractivity (Wildman–Crippen MR) is 83.2 cm³/mol. The summed E-state index contributed by atoms with van der Waals surface area (Å²) in [4.78, 5) is 0. The molecule has 1 aromatic heterocycles. The van der Waals surface area contributed by atoms with Crippen LogP contribution in [-0.4, -0.2) is 5.11 Å². The number of para-hydroxylation sites is 1. The molecular formula is C19H18O2. The van der Waals surface area contributed by atoms with E-state index in [1.54, 1.807) is 0 Å². The molecule has 1 saturated carbocycles. The molecule has 1 fully saturated rings. The number of aliphatic hydroxyl groups excluding tert-OH is 1. The zero-order valence-electron chi connectivity index (χ0n) is 12.0. The highest BCUT2D eigenvalue weighted by Gasteiger charge is 2.45. The second-order valence-electron chi connectivity index (χ2n) is 5.93. The van der Waals surface area contributed by atoms with Crippen LogP contribution in [0.5, 0.6) is 0 Å². The zero-order valence-corrected chi connectivity index (χ0v) is 12.0. The van der Waals surface area contributed by atoms with E-state index >= 15 is 0 Å². The lowest BCUT2D eigenvalue weighted by Gasteiger charge is -2.10. The largest absolute Gasteiger partial charge is 0.461 e. The van der Waals surface area contributed by atoms with Gasteiger partial charge < -0.3 is 9.52 Å². The molecule has 1 aliphatic carbocycles. The van der Waals surface area contributed by atoms with E-state index in [1.807, 2.05) is 37.3 Å². The van der Waals surface area contributed by atoms with Gasteiger partial charge in [0.2, 0.25) is 0 Å². The van der Waals surface area contributed by atoms with Crippen LogP contribution in [0.4, 0.5) is 0 Å². The van der Waals surface area contributed by atoms with Gasteiger partial charge in [-0.3, -0.25) is 0 Å². The Kier molecular flexibility index (Phi) is 2.86. The number of aliphatic hydroxyl groups is 1. The van der Waals surface area contributed by atoms with Crippen molar-refractivity contribution in [1.29, 1.82) is 0 Å². The highest BCUT2D eigenvalue weighted by atomic mass is 16.3. The van der Waals surface area contributed by atoms with Gasteiger partial charge in [0.25, 0.3) is 0 Å².